The van der Waals surface area contributed by atoms with Crippen molar-refractivity contribution in [3.63, 3.8) is 0 Å². The second-order valence-corrected chi connectivity index (χ2v) is 8.98. The Balaban J connectivity index is 2.02. The van der Waals surface area contributed by atoms with Gasteiger partial charge >= 0.3 is 0 Å². The highest BCUT2D eigenvalue weighted by atomic mass is 16.6. The van der Waals surface area contributed by atoms with E-state index in [0.717, 1.165) is 16.1 Å². The lowest BCUT2D eigenvalue weighted by atomic mass is 10.0. The molecular weight excluding hydrogens is 396 g/mol. The van der Waals surface area contributed by atoms with Gasteiger partial charge in [-0.05, 0) is 65.8 Å². The number of nitrogens with one attached hydrogen (secondary N) is 1. The van der Waals surface area contributed by atoms with Gasteiger partial charge in [0.15, 0.2) is 17.6 Å². The van der Waals surface area contributed by atoms with Crippen molar-refractivity contribution in [2.75, 3.05) is 13.2 Å². The molecule has 0 aromatic heterocycles. The Morgan fingerprint density at radius 2 is 1.74 bits per heavy atom. The Hall–Kier alpha value is -2.90. The molecule has 1 heterocycles. The van der Waals surface area contributed by atoms with Gasteiger partial charge in [0, 0.05) is 22.2 Å². The summed E-state index contributed by atoms with van der Waals surface area (Å²) in [6.45, 7) is 11.2. The number of hydrogen-bond donors (Lipinski definition) is 2. The number of aliphatic hydroxyl groups is 1. The predicted molar refractivity (Wildman–Crippen MR) is 117 cm³/mol. The lowest BCUT2D eigenvalue weighted by Gasteiger charge is -2.32. The summed E-state index contributed by atoms with van der Waals surface area (Å²) < 4.78 is 11.4. The topological polar surface area (TPSA) is 88.1 Å². The highest BCUT2D eigenvalue weighted by Gasteiger charge is 2.32. The largest absolute Gasteiger partial charge is 0.486 e. The van der Waals surface area contributed by atoms with Crippen molar-refractivity contribution >= 4 is 11.8 Å². The molecule has 0 saturated carbocycles. The Kier molecular flexibility index (Phi) is 6.38. The van der Waals surface area contributed by atoms with E-state index in [-0.39, 0.29) is 13.2 Å². The molecule has 2 aromatic carbocycles. The van der Waals surface area contributed by atoms with Gasteiger partial charge in [-0.25, -0.2) is 10.4 Å². The van der Waals surface area contributed by atoms with Crippen LogP contribution in [0.2, 0.25) is 0 Å². The van der Waals surface area contributed by atoms with E-state index in [2.05, 4.69) is 5.43 Å². The summed E-state index contributed by atoms with van der Waals surface area (Å²) in [6.07, 6.45) is -0.503. The first-order chi connectivity index (χ1) is 14.5. The molecule has 7 heteroatoms. The molecule has 2 amide bonds. The average Bonchev–Trinajstić information content (AvgIpc) is 2.70. The Morgan fingerprint density at radius 1 is 1.10 bits per heavy atom. The summed E-state index contributed by atoms with van der Waals surface area (Å²) in [7, 11) is 0. The third-order valence-corrected chi connectivity index (χ3v) is 4.84. The molecule has 2 N–H and O–H groups in total. The van der Waals surface area contributed by atoms with Crippen LogP contribution in [-0.2, 0) is 0 Å². The van der Waals surface area contributed by atoms with E-state index >= 15 is 0 Å². The standard InChI is InChI=1S/C24H30N2O5/c1-14-9-15(2)11-17(10-14)22(28)26(25-24(4,5)6)23(29)19-7-8-20-21(16(19)3)31-18(12-27)13-30-20/h7-11,18,25,27H,12-13H2,1-6H3. The number of carbonyl (C=O) groups excluding carboxylic acids is 2. The van der Waals surface area contributed by atoms with Gasteiger partial charge in [-0.15, -0.1) is 0 Å². The number of carbonyl (C=O) groups is 2. The Bertz CT molecular complexity index is 990. The summed E-state index contributed by atoms with van der Waals surface area (Å²) in [6, 6.07) is 8.79. The van der Waals surface area contributed by atoms with E-state index in [0.29, 0.717) is 28.2 Å². The van der Waals surface area contributed by atoms with Gasteiger partial charge < -0.3 is 14.6 Å². The van der Waals surface area contributed by atoms with Crippen LogP contribution in [0.1, 0.15) is 58.2 Å². The van der Waals surface area contributed by atoms with Gasteiger partial charge in [-0.3, -0.25) is 9.59 Å². The minimum absolute atomic E-state index is 0.194. The van der Waals surface area contributed by atoms with Crippen LogP contribution in [-0.4, -0.2) is 46.8 Å². The second-order valence-electron chi connectivity index (χ2n) is 8.98. The molecule has 0 fully saturated rings. The number of amides is 2. The number of ether oxygens (including phenoxy) is 2. The van der Waals surface area contributed by atoms with Crippen molar-refractivity contribution in [2.45, 2.75) is 53.2 Å². The SMILES string of the molecule is Cc1cc(C)cc(C(=O)N(NC(C)(C)C)C(=O)c2ccc3c(c2C)OC(CO)CO3)c1. The predicted octanol–water partition coefficient (Wildman–Crippen LogP) is 3.33. The lowest BCUT2D eigenvalue weighted by molar-refractivity contribution is 0.0426. The number of nitrogens with zero attached hydrogens (tertiary/aromatic N) is 1. The number of imide groups is 1. The molecule has 0 radical (unpaired) electrons. The third-order valence-electron chi connectivity index (χ3n) is 4.84. The Morgan fingerprint density at radius 3 is 2.32 bits per heavy atom. The van der Waals surface area contributed by atoms with E-state index in [1.54, 1.807) is 31.2 Å². The maximum absolute atomic E-state index is 13.6. The fourth-order valence-electron chi connectivity index (χ4n) is 3.51. The molecule has 0 aliphatic carbocycles. The maximum Gasteiger partial charge on any atom is 0.275 e. The molecule has 1 aliphatic rings. The van der Waals surface area contributed by atoms with Crippen LogP contribution in [0.3, 0.4) is 0 Å². The van der Waals surface area contributed by atoms with Crippen LogP contribution < -0.4 is 14.9 Å². The Labute approximate surface area is 182 Å². The van der Waals surface area contributed by atoms with Gasteiger partial charge in [0.2, 0.25) is 0 Å². The van der Waals surface area contributed by atoms with Crippen molar-refractivity contribution in [1.82, 2.24) is 10.4 Å². The van der Waals surface area contributed by atoms with Crippen molar-refractivity contribution in [3.8, 4) is 11.5 Å². The van der Waals surface area contributed by atoms with Gasteiger partial charge in [-0.2, -0.15) is 0 Å². The molecule has 2 aromatic rings. The van der Waals surface area contributed by atoms with E-state index in [4.69, 9.17) is 9.47 Å². The fraction of sp³-hybridized carbons (Fsp3) is 0.417. The molecule has 1 atom stereocenters. The minimum Gasteiger partial charge on any atom is -0.486 e. The molecule has 0 saturated heterocycles. The molecule has 7 nitrogen and oxygen atoms in total. The van der Waals surface area contributed by atoms with Crippen LogP contribution in [0.25, 0.3) is 0 Å². The van der Waals surface area contributed by atoms with Gasteiger partial charge in [0.05, 0.1) is 6.61 Å². The molecule has 0 bridgehead atoms. The highest BCUT2D eigenvalue weighted by Crippen LogP contribution is 2.37. The van der Waals surface area contributed by atoms with Crippen LogP contribution in [0.5, 0.6) is 11.5 Å². The van der Waals surface area contributed by atoms with E-state index in [9.17, 15) is 14.7 Å². The first kappa shape index (κ1) is 22.8. The maximum atomic E-state index is 13.6. The van der Waals surface area contributed by atoms with Crippen LogP contribution in [0, 0.1) is 20.8 Å². The van der Waals surface area contributed by atoms with Crippen molar-refractivity contribution < 1.29 is 24.2 Å². The molecule has 166 valence electrons. The summed E-state index contributed by atoms with van der Waals surface area (Å²) in [5.41, 5.74) is 5.69. The van der Waals surface area contributed by atoms with Gasteiger partial charge in [0.25, 0.3) is 11.8 Å². The second kappa shape index (κ2) is 8.69. The van der Waals surface area contributed by atoms with Crippen LogP contribution in [0.15, 0.2) is 30.3 Å². The first-order valence-corrected chi connectivity index (χ1v) is 10.3. The van der Waals surface area contributed by atoms with Gasteiger partial charge in [0.1, 0.15) is 6.61 Å². The van der Waals surface area contributed by atoms with Crippen LogP contribution >= 0.6 is 0 Å². The molecular formula is C24H30N2O5. The smallest absolute Gasteiger partial charge is 0.275 e. The number of rotatable bonds is 4. The number of hydrazine groups is 1. The monoisotopic (exact) mass is 426 g/mol. The third kappa shape index (κ3) is 5.06. The summed E-state index contributed by atoms with van der Waals surface area (Å²) in [5, 5.41) is 10.5. The quantitative estimate of drug-likeness (QED) is 0.576. The first-order valence-electron chi connectivity index (χ1n) is 10.3. The molecule has 1 aliphatic heterocycles. The van der Waals surface area contributed by atoms with E-state index in [1.807, 2.05) is 40.7 Å². The van der Waals surface area contributed by atoms with Gasteiger partial charge in [-0.1, -0.05) is 17.2 Å². The summed E-state index contributed by atoms with van der Waals surface area (Å²) >= 11 is 0. The summed E-state index contributed by atoms with van der Waals surface area (Å²) in [5.74, 6) is -0.0104. The van der Waals surface area contributed by atoms with E-state index < -0.39 is 23.5 Å². The number of fused-ring (bicyclic) bond motifs is 1. The normalized spacial score (nSPS) is 15.5. The molecule has 3 rings (SSSR count). The molecule has 1 unspecified atom stereocenters. The van der Waals surface area contributed by atoms with Crippen LogP contribution in [0.4, 0.5) is 0 Å². The van der Waals surface area contributed by atoms with E-state index in [1.165, 1.54) is 0 Å². The average molecular weight is 427 g/mol. The minimum atomic E-state index is -0.534. The molecule has 0 spiro atoms. The number of hydrogen-bond acceptors (Lipinski definition) is 6. The number of aliphatic hydroxyl groups excluding tert-OH is 1. The lowest BCUT2D eigenvalue weighted by Crippen LogP contribution is -2.55. The zero-order chi connectivity index (χ0) is 22.9. The zero-order valence-electron chi connectivity index (χ0n) is 18.9. The highest BCUT2D eigenvalue weighted by molar-refractivity contribution is 6.10. The number of benzene rings is 2. The fourth-order valence-corrected chi connectivity index (χ4v) is 3.51. The number of aryl methyl sites for hydroxylation is 2. The molecule has 31 heavy (non-hydrogen) atoms. The zero-order valence-corrected chi connectivity index (χ0v) is 18.9. The summed E-state index contributed by atoms with van der Waals surface area (Å²) in [4.78, 5) is 27.0. The van der Waals surface area contributed by atoms with Crippen molar-refractivity contribution in [2.24, 2.45) is 0 Å². The van der Waals surface area contributed by atoms with Crippen molar-refractivity contribution in [1.29, 1.82) is 0 Å². The van der Waals surface area contributed by atoms with Crippen molar-refractivity contribution in [3.05, 3.63) is 58.1 Å².